The molecule has 2 N–H and O–H groups in total. The van der Waals surface area contributed by atoms with Crippen molar-refractivity contribution in [2.24, 2.45) is 0 Å². The first-order chi connectivity index (χ1) is 14.0. The number of nitrogens with zero attached hydrogens (tertiary/aromatic N) is 1. The molecular weight excluding hydrogens is 401 g/mol. The zero-order valence-corrected chi connectivity index (χ0v) is 16.1. The molecule has 0 saturated carbocycles. The summed E-state index contributed by atoms with van der Waals surface area (Å²) in [7, 11) is 0. The van der Waals surface area contributed by atoms with Gasteiger partial charge in [-0.05, 0) is 35.9 Å². The highest BCUT2D eigenvalue weighted by Gasteiger charge is 2.46. The molecule has 2 aromatic rings. The number of carbonyl (C=O) groups is 2. The summed E-state index contributed by atoms with van der Waals surface area (Å²) < 4.78 is 18.5. The molecule has 2 aromatic carbocycles. The van der Waals surface area contributed by atoms with Crippen LogP contribution in [0.25, 0.3) is 5.76 Å². The van der Waals surface area contributed by atoms with Gasteiger partial charge in [0.1, 0.15) is 11.6 Å². The predicted octanol–water partition coefficient (Wildman–Crippen LogP) is 2.91. The van der Waals surface area contributed by atoms with Crippen LogP contribution < -0.4 is 0 Å². The lowest BCUT2D eigenvalue weighted by Gasteiger charge is -2.26. The second kappa shape index (κ2) is 9.17. The predicted molar refractivity (Wildman–Crippen MR) is 105 cm³/mol. The van der Waals surface area contributed by atoms with Crippen LogP contribution in [0.5, 0.6) is 0 Å². The number of rotatable bonds is 7. The number of halogens is 2. The lowest BCUT2D eigenvalue weighted by atomic mass is 9.95. The third-order valence-electron chi connectivity index (χ3n) is 4.57. The molecule has 1 heterocycles. The Morgan fingerprint density at radius 2 is 1.79 bits per heavy atom. The molecule has 1 atom stereocenters. The van der Waals surface area contributed by atoms with Crippen molar-refractivity contribution in [1.82, 2.24) is 4.90 Å². The Labute approximate surface area is 171 Å². The number of likely N-dealkylation sites (tertiary alicyclic amines) is 1. The number of hydrogen-bond acceptors (Lipinski definition) is 5. The van der Waals surface area contributed by atoms with Crippen LogP contribution in [-0.2, 0) is 14.3 Å². The number of hydrogen-bond donors (Lipinski definition) is 2. The van der Waals surface area contributed by atoms with E-state index >= 15 is 0 Å². The van der Waals surface area contributed by atoms with Crippen molar-refractivity contribution in [1.29, 1.82) is 0 Å². The van der Waals surface area contributed by atoms with E-state index in [4.69, 9.17) is 21.4 Å². The molecular formula is C21H19ClFNO5. The summed E-state index contributed by atoms with van der Waals surface area (Å²) in [6, 6.07) is 10.7. The summed E-state index contributed by atoms with van der Waals surface area (Å²) in [6.45, 7) is 0.0688. The molecule has 0 radical (unpaired) electrons. The fraction of sp³-hybridized carbons (Fsp3) is 0.238. The number of aliphatic hydroxyl groups excluding tert-OH is 2. The van der Waals surface area contributed by atoms with E-state index in [1.807, 2.05) is 0 Å². The van der Waals surface area contributed by atoms with E-state index < -0.39 is 29.3 Å². The van der Waals surface area contributed by atoms with Gasteiger partial charge in [0, 0.05) is 17.1 Å². The molecule has 1 amide bonds. The van der Waals surface area contributed by atoms with Crippen LogP contribution in [0.2, 0.25) is 5.02 Å². The maximum atomic E-state index is 13.2. The van der Waals surface area contributed by atoms with Gasteiger partial charge in [0.2, 0.25) is 0 Å². The number of amides is 1. The number of benzene rings is 2. The summed E-state index contributed by atoms with van der Waals surface area (Å²) in [5.41, 5.74) is 0.550. The Balaban J connectivity index is 2.08. The highest BCUT2D eigenvalue weighted by atomic mass is 35.5. The monoisotopic (exact) mass is 419 g/mol. The van der Waals surface area contributed by atoms with Crippen molar-refractivity contribution in [3.63, 3.8) is 0 Å². The van der Waals surface area contributed by atoms with Crippen LogP contribution in [0.4, 0.5) is 4.39 Å². The van der Waals surface area contributed by atoms with Crippen LogP contribution in [0.15, 0.2) is 54.1 Å². The van der Waals surface area contributed by atoms with E-state index in [-0.39, 0.29) is 37.5 Å². The van der Waals surface area contributed by atoms with Crippen molar-refractivity contribution in [3.8, 4) is 0 Å². The second-order valence-corrected chi connectivity index (χ2v) is 6.76. The normalized spacial score (nSPS) is 18.4. The zero-order chi connectivity index (χ0) is 21.0. The van der Waals surface area contributed by atoms with Crippen molar-refractivity contribution in [3.05, 3.63) is 76.1 Å². The van der Waals surface area contributed by atoms with Gasteiger partial charge in [-0.3, -0.25) is 9.59 Å². The highest BCUT2D eigenvalue weighted by Crippen LogP contribution is 2.41. The lowest BCUT2D eigenvalue weighted by molar-refractivity contribution is -0.140. The van der Waals surface area contributed by atoms with Crippen molar-refractivity contribution >= 4 is 29.1 Å². The number of aliphatic hydroxyl groups is 2. The number of Topliss-reactive ketones (excluding diaryl/α,β-unsaturated/α-hetero) is 1. The van der Waals surface area contributed by atoms with Gasteiger partial charge in [0.05, 0.1) is 31.4 Å². The molecule has 6 nitrogen and oxygen atoms in total. The number of carbonyl (C=O) groups excluding carboxylic acids is 2. The van der Waals surface area contributed by atoms with Crippen molar-refractivity contribution in [2.45, 2.75) is 6.04 Å². The van der Waals surface area contributed by atoms with Gasteiger partial charge in [-0.25, -0.2) is 4.39 Å². The molecule has 1 saturated heterocycles. The molecule has 0 aliphatic carbocycles. The molecule has 29 heavy (non-hydrogen) atoms. The fourth-order valence-corrected chi connectivity index (χ4v) is 3.46. The molecule has 1 aliphatic rings. The lowest BCUT2D eigenvalue weighted by Crippen LogP contribution is -2.33. The highest BCUT2D eigenvalue weighted by molar-refractivity contribution is 6.47. The first kappa shape index (κ1) is 21.0. The van der Waals surface area contributed by atoms with Gasteiger partial charge in [0.25, 0.3) is 11.7 Å². The Bertz CT molecular complexity index is 944. The minimum atomic E-state index is -0.925. The summed E-state index contributed by atoms with van der Waals surface area (Å²) in [6.07, 6.45) is 0. The minimum Gasteiger partial charge on any atom is -0.507 e. The number of ether oxygens (including phenoxy) is 1. The Morgan fingerprint density at radius 3 is 2.45 bits per heavy atom. The van der Waals surface area contributed by atoms with E-state index in [0.717, 1.165) is 12.1 Å². The molecule has 0 aromatic heterocycles. The van der Waals surface area contributed by atoms with Crippen LogP contribution in [0.3, 0.4) is 0 Å². The molecule has 8 heteroatoms. The third kappa shape index (κ3) is 4.32. The van der Waals surface area contributed by atoms with E-state index in [1.54, 1.807) is 24.3 Å². The standard InChI is InChI=1S/C21H19ClFNO5/c22-16-4-2-1-3-15(16)18-17(19(26)13-5-7-14(23)8-6-13)20(27)21(28)24(18)9-11-29-12-10-25/h1-8,18,25-26H,9-12H2/b19-17+. The van der Waals surface area contributed by atoms with Gasteiger partial charge in [-0.15, -0.1) is 0 Å². The SMILES string of the molecule is O=C1C(=O)N(CCOCCO)C(c2ccccc2Cl)/C1=C(\O)c1ccc(F)cc1. The van der Waals surface area contributed by atoms with Gasteiger partial charge in [-0.1, -0.05) is 29.8 Å². The molecule has 0 spiro atoms. The van der Waals surface area contributed by atoms with E-state index in [1.165, 1.54) is 17.0 Å². The Morgan fingerprint density at radius 1 is 1.10 bits per heavy atom. The summed E-state index contributed by atoms with van der Waals surface area (Å²) in [4.78, 5) is 26.7. The van der Waals surface area contributed by atoms with E-state index in [9.17, 15) is 19.1 Å². The second-order valence-electron chi connectivity index (χ2n) is 6.36. The van der Waals surface area contributed by atoms with Crippen molar-refractivity contribution in [2.75, 3.05) is 26.4 Å². The molecule has 3 rings (SSSR count). The maximum Gasteiger partial charge on any atom is 0.295 e. The van der Waals surface area contributed by atoms with Crippen molar-refractivity contribution < 1.29 is 28.9 Å². The van der Waals surface area contributed by atoms with Gasteiger partial charge in [0.15, 0.2) is 0 Å². The average Bonchev–Trinajstić information content (AvgIpc) is 2.96. The third-order valence-corrected chi connectivity index (χ3v) is 4.91. The zero-order valence-electron chi connectivity index (χ0n) is 15.3. The van der Waals surface area contributed by atoms with Gasteiger partial charge >= 0.3 is 0 Å². The summed E-state index contributed by atoms with van der Waals surface area (Å²) in [5.74, 6) is -2.57. The summed E-state index contributed by atoms with van der Waals surface area (Å²) in [5, 5.41) is 20.0. The molecule has 1 unspecified atom stereocenters. The fourth-order valence-electron chi connectivity index (χ4n) is 3.22. The average molecular weight is 420 g/mol. The maximum absolute atomic E-state index is 13.2. The van der Waals surface area contributed by atoms with Crippen LogP contribution in [0, 0.1) is 5.82 Å². The molecule has 1 aliphatic heterocycles. The van der Waals surface area contributed by atoms with E-state index in [2.05, 4.69) is 0 Å². The van der Waals surface area contributed by atoms with Gasteiger partial charge in [-0.2, -0.15) is 0 Å². The Kier molecular flexibility index (Phi) is 6.64. The molecule has 152 valence electrons. The van der Waals surface area contributed by atoms with Crippen LogP contribution >= 0.6 is 11.6 Å². The van der Waals surface area contributed by atoms with Crippen LogP contribution in [-0.4, -0.2) is 53.2 Å². The van der Waals surface area contributed by atoms with Gasteiger partial charge < -0.3 is 19.8 Å². The smallest absolute Gasteiger partial charge is 0.295 e. The first-order valence-electron chi connectivity index (χ1n) is 8.93. The topological polar surface area (TPSA) is 87.1 Å². The molecule has 1 fully saturated rings. The minimum absolute atomic E-state index is 0.0562. The number of ketones is 1. The largest absolute Gasteiger partial charge is 0.507 e. The quantitative estimate of drug-likeness (QED) is 0.312. The first-order valence-corrected chi connectivity index (χ1v) is 9.31. The molecule has 0 bridgehead atoms. The summed E-state index contributed by atoms with van der Waals surface area (Å²) >= 11 is 6.32. The Hall–Kier alpha value is -2.74. The van der Waals surface area contributed by atoms with Crippen LogP contribution in [0.1, 0.15) is 17.2 Å². The van der Waals surface area contributed by atoms with E-state index in [0.29, 0.717) is 10.6 Å².